The number of carbonyl (C=O) groups excluding carboxylic acids is 1. The molecule has 0 spiro atoms. The molecule has 8 nitrogen and oxygen atoms in total. The van der Waals surface area contributed by atoms with Gasteiger partial charge in [0, 0.05) is 31.6 Å². The van der Waals surface area contributed by atoms with Crippen molar-refractivity contribution in [1.82, 2.24) is 16.0 Å². The average Bonchev–Trinajstić information content (AvgIpc) is 3.16. The molecule has 1 amide bonds. The Labute approximate surface area is 179 Å². The Bertz CT molecular complexity index is 710. The number of nitrogens with one attached hydrogen (secondary N) is 3. The first-order valence-electron chi connectivity index (χ1n) is 10.6. The molecular formula is C22H36N4O4. The summed E-state index contributed by atoms with van der Waals surface area (Å²) in [7, 11) is 0. The molecule has 1 unspecified atom stereocenters. The zero-order valence-electron chi connectivity index (χ0n) is 18.8. The van der Waals surface area contributed by atoms with E-state index in [1.165, 1.54) is 0 Å². The van der Waals surface area contributed by atoms with Gasteiger partial charge in [-0.05, 0) is 46.2 Å². The highest BCUT2D eigenvalue weighted by Gasteiger charge is 2.19. The topological polar surface area (TPSA) is 93.2 Å². The van der Waals surface area contributed by atoms with Crippen molar-refractivity contribution in [2.75, 3.05) is 32.8 Å². The summed E-state index contributed by atoms with van der Waals surface area (Å²) in [5.74, 6) is 1.54. The van der Waals surface area contributed by atoms with Crippen LogP contribution in [0.5, 0.6) is 5.75 Å². The Morgan fingerprint density at radius 3 is 2.67 bits per heavy atom. The number of alkyl carbamates (subject to hydrolysis) is 1. The first-order chi connectivity index (χ1) is 14.3. The lowest BCUT2D eigenvalue weighted by Gasteiger charge is -2.20. The van der Waals surface area contributed by atoms with Crippen LogP contribution in [0.4, 0.5) is 4.79 Å². The Kier molecular flexibility index (Phi) is 9.23. The second kappa shape index (κ2) is 11.6. The molecule has 1 aromatic carbocycles. The van der Waals surface area contributed by atoms with Gasteiger partial charge in [-0.15, -0.1) is 0 Å². The summed E-state index contributed by atoms with van der Waals surface area (Å²) in [5, 5.41) is 9.17. The maximum atomic E-state index is 11.7. The summed E-state index contributed by atoms with van der Waals surface area (Å²) in [6, 6.07) is 6.17. The highest BCUT2D eigenvalue weighted by molar-refractivity contribution is 5.79. The number of nitrogens with zero attached hydrogens (tertiary/aromatic N) is 1. The monoisotopic (exact) mass is 420 g/mol. The molecule has 30 heavy (non-hydrogen) atoms. The molecule has 8 heteroatoms. The van der Waals surface area contributed by atoms with Crippen molar-refractivity contribution >= 4 is 12.1 Å². The molecule has 3 N–H and O–H groups in total. The standard InChI is InChI=1S/C22H36N4O4/c1-6-23-20(24-10-11-25-21(27)30-22(3,4)5)26-14-17-8-7-16(2)13-19(17)29-18-9-12-28-15-18/h7-8,13,18H,6,9-12,14-15H2,1-5H3,(H,25,27)(H2,23,24,26). The Morgan fingerprint density at radius 1 is 1.23 bits per heavy atom. The van der Waals surface area contributed by atoms with Crippen LogP contribution in [0.2, 0.25) is 0 Å². The van der Waals surface area contributed by atoms with E-state index in [0.717, 1.165) is 36.4 Å². The first kappa shape index (κ1) is 23.8. The number of rotatable bonds is 8. The smallest absolute Gasteiger partial charge is 0.407 e. The lowest BCUT2D eigenvalue weighted by atomic mass is 10.1. The minimum absolute atomic E-state index is 0.0971. The van der Waals surface area contributed by atoms with Crippen molar-refractivity contribution in [3.63, 3.8) is 0 Å². The van der Waals surface area contributed by atoms with Crippen molar-refractivity contribution in [3.8, 4) is 5.75 Å². The third-order valence-electron chi connectivity index (χ3n) is 4.24. The molecule has 0 saturated carbocycles. The van der Waals surface area contributed by atoms with Crippen molar-refractivity contribution in [2.24, 2.45) is 4.99 Å². The van der Waals surface area contributed by atoms with E-state index in [1.807, 2.05) is 40.7 Å². The number of aliphatic imine (C=N–C) groups is 1. The highest BCUT2D eigenvalue weighted by atomic mass is 16.6. The van der Waals surface area contributed by atoms with Crippen LogP contribution >= 0.6 is 0 Å². The molecule has 0 aromatic heterocycles. The predicted octanol–water partition coefficient (Wildman–Crippen LogP) is 2.74. The van der Waals surface area contributed by atoms with E-state index < -0.39 is 11.7 Å². The maximum Gasteiger partial charge on any atom is 0.407 e. The zero-order chi connectivity index (χ0) is 22.0. The Hall–Kier alpha value is -2.48. The molecule has 0 bridgehead atoms. The van der Waals surface area contributed by atoms with E-state index in [4.69, 9.17) is 14.2 Å². The molecule has 1 heterocycles. The van der Waals surface area contributed by atoms with Crippen LogP contribution < -0.4 is 20.7 Å². The normalized spacial score (nSPS) is 16.8. The lowest BCUT2D eigenvalue weighted by Crippen LogP contribution is -2.42. The number of aryl methyl sites for hydroxylation is 1. The van der Waals surface area contributed by atoms with Gasteiger partial charge >= 0.3 is 6.09 Å². The summed E-state index contributed by atoms with van der Waals surface area (Å²) in [6.07, 6.45) is 0.578. The number of hydrogen-bond acceptors (Lipinski definition) is 5. The van der Waals surface area contributed by atoms with Gasteiger partial charge in [-0.1, -0.05) is 12.1 Å². The molecule has 0 radical (unpaired) electrons. The quantitative estimate of drug-likeness (QED) is 0.340. The Morgan fingerprint density at radius 2 is 2.00 bits per heavy atom. The molecular weight excluding hydrogens is 384 g/mol. The predicted molar refractivity (Wildman–Crippen MR) is 118 cm³/mol. The largest absolute Gasteiger partial charge is 0.488 e. The van der Waals surface area contributed by atoms with Crippen molar-refractivity contribution in [1.29, 1.82) is 0 Å². The van der Waals surface area contributed by atoms with Crippen LogP contribution in [0.15, 0.2) is 23.2 Å². The molecule has 1 aliphatic rings. The van der Waals surface area contributed by atoms with Crippen LogP contribution in [0.25, 0.3) is 0 Å². The van der Waals surface area contributed by atoms with Gasteiger partial charge in [0.25, 0.3) is 0 Å². The number of benzene rings is 1. The number of hydrogen-bond donors (Lipinski definition) is 3. The minimum Gasteiger partial charge on any atom is -0.488 e. The van der Waals surface area contributed by atoms with Crippen molar-refractivity contribution in [2.45, 2.75) is 59.3 Å². The molecule has 0 aliphatic carbocycles. The highest BCUT2D eigenvalue weighted by Crippen LogP contribution is 2.24. The van der Waals surface area contributed by atoms with Gasteiger partial charge in [0.1, 0.15) is 17.5 Å². The van der Waals surface area contributed by atoms with Gasteiger partial charge in [0.05, 0.1) is 19.8 Å². The van der Waals surface area contributed by atoms with Crippen LogP contribution in [0.1, 0.15) is 45.2 Å². The maximum absolute atomic E-state index is 11.7. The van der Waals surface area contributed by atoms with Gasteiger partial charge in [0.2, 0.25) is 0 Å². The van der Waals surface area contributed by atoms with Gasteiger partial charge in [-0.3, -0.25) is 0 Å². The van der Waals surface area contributed by atoms with Crippen LogP contribution in [-0.4, -0.2) is 56.6 Å². The summed E-state index contributed by atoms with van der Waals surface area (Å²) in [5.41, 5.74) is 1.67. The summed E-state index contributed by atoms with van der Waals surface area (Å²) < 4.78 is 16.8. The van der Waals surface area contributed by atoms with Crippen molar-refractivity contribution < 1.29 is 19.0 Å². The van der Waals surface area contributed by atoms with Crippen LogP contribution in [-0.2, 0) is 16.0 Å². The summed E-state index contributed by atoms with van der Waals surface area (Å²) in [6.45, 7) is 13.1. The zero-order valence-corrected chi connectivity index (χ0v) is 18.8. The van der Waals surface area contributed by atoms with Crippen LogP contribution in [0, 0.1) is 6.92 Å². The summed E-state index contributed by atoms with van der Waals surface area (Å²) >= 11 is 0. The van der Waals surface area contributed by atoms with Gasteiger partial charge < -0.3 is 30.2 Å². The molecule has 2 rings (SSSR count). The third-order valence-corrected chi connectivity index (χ3v) is 4.24. The molecule has 168 valence electrons. The van der Waals surface area contributed by atoms with Gasteiger partial charge in [-0.25, -0.2) is 9.79 Å². The van der Waals surface area contributed by atoms with E-state index in [2.05, 4.69) is 33.1 Å². The SMILES string of the molecule is CCNC(=NCc1ccc(C)cc1OC1CCOC1)NCCNC(=O)OC(C)(C)C. The second-order valence-electron chi connectivity index (χ2n) is 8.27. The van der Waals surface area contributed by atoms with E-state index in [-0.39, 0.29) is 6.10 Å². The van der Waals surface area contributed by atoms with Gasteiger partial charge in [0.15, 0.2) is 5.96 Å². The molecule has 1 atom stereocenters. The minimum atomic E-state index is -0.508. The van der Waals surface area contributed by atoms with Crippen molar-refractivity contribution in [3.05, 3.63) is 29.3 Å². The first-order valence-corrected chi connectivity index (χ1v) is 10.6. The van der Waals surface area contributed by atoms with E-state index in [9.17, 15) is 4.79 Å². The fourth-order valence-corrected chi connectivity index (χ4v) is 2.85. The fraction of sp³-hybridized carbons (Fsp3) is 0.636. The van der Waals surface area contributed by atoms with Gasteiger partial charge in [-0.2, -0.15) is 0 Å². The van der Waals surface area contributed by atoms with E-state index in [1.54, 1.807) is 0 Å². The average molecular weight is 421 g/mol. The number of ether oxygens (including phenoxy) is 3. The number of amides is 1. The van der Waals surface area contributed by atoms with E-state index in [0.29, 0.717) is 32.2 Å². The van der Waals surface area contributed by atoms with E-state index >= 15 is 0 Å². The van der Waals surface area contributed by atoms with Crippen LogP contribution in [0.3, 0.4) is 0 Å². The third kappa shape index (κ3) is 8.90. The fourth-order valence-electron chi connectivity index (χ4n) is 2.85. The number of guanidine groups is 1. The lowest BCUT2D eigenvalue weighted by molar-refractivity contribution is 0.0529. The summed E-state index contributed by atoms with van der Waals surface area (Å²) in [4.78, 5) is 16.4. The Balaban J connectivity index is 1.90. The molecule has 1 aliphatic heterocycles. The molecule has 1 aromatic rings. The number of carbonyl (C=O) groups is 1. The second-order valence-corrected chi connectivity index (χ2v) is 8.27. The molecule has 1 saturated heterocycles. The molecule has 1 fully saturated rings.